The average molecular weight is 484 g/mol. The van der Waals surface area contributed by atoms with E-state index in [0.717, 1.165) is 43.9 Å². The van der Waals surface area contributed by atoms with E-state index in [1.807, 2.05) is 43.3 Å². The van der Waals surface area contributed by atoms with Crippen LogP contribution in [0.2, 0.25) is 5.02 Å². The van der Waals surface area contributed by atoms with Crippen molar-refractivity contribution in [2.45, 2.75) is 13.3 Å². The molecule has 5 nitrogen and oxygen atoms in total. The van der Waals surface area contributed by atoms with Crippen molar-refractivity contribution in [3.63, 3.8) is 0 Å². The fourth-order valence-electron chi connectivity index (χ4n) is 4.84. The van der Waals surface area contributed by atoms with Gasteiger partial charge in [0.05, 0.1) is 6.61 Å². The summed E-state index contributed by atoms with van der Waals surface area (Å²) < 4.78 is 16.5. The molecule has 0 radical (unpaired) electrons. The molecular weight excluding hydrogens is 462 g/mol. The summed E-state index contributed by atoms with van der Waals surface area (Å²) in [5, 5.41) is 3.75. The van der Waals surface area contributed by atoms with Crippen molar-refractivity contribution < 1.29 is 19.0 Å². The van der Waals surface area contributed by atoms with Gasteiger partial charge >= 0.3 is 5.97 Å². The zero-order chi connectivity index (χ0) is 23.9. The number of aromatic amines is 1. The number of hydrogen-bond acceptors (Lipinski definition) is 4. The molecule has 174 valence electrons. The molecule has 0 spiro atoms. The third-order valence-corrected chi connectivity index (χ3v) is 6.72. The number of H-pyrrole nitrogens is 1. The molecule has 0 amide bonds. The summed E-state index contributed by atoms with van der Waals surface area (Å²) in [5.41, 5.74) is 5.08. The van der Waals surface area contributed by atoms with Gasteiger partial charge in [-0.05, 0) is 52.9 Å². The van der Waals surface area contributed by atoms with Gasteiger partial charge in [0.25, 0.3) is 0 Å². The summed E-state index contributed by atoms with van der Waals surface area (Å²) in [5.74, 6) is 0.963. The Balaban J connectivity index is 1.60. The fourth-order valence-corrected chi connectivity index (χ4v) is 5.06. The van der Waals surface area contributed by atoms with E-state index in [0.29, 0.717) is 35.2 Å². The number of nitrogens with one attached hydrogen (secondary N) is 1. The van der Waals surface area contributed by atoms with E-state index in [1.165, 1.54) is 0 Å². The van der Waals surface area contributed by atoms with Crippen LogP contribution in [0.25, 0.3) is 32.8 Å². The first kappa shape index (κ1) is 21.6. The zero-order valence-corrected chi connectivity index (χ0v) is 19.8. The van der Waals surface area contributed by atoms with Gasteiger partial charge in [-0.1, -0.05) is 66.2 Å². The van der Waals surface area contributed by atoms with Crippen molar-refractivity contribution >= 4 is 39.2 Å². The number of carbonyl (C=O) groups is 1. The van der Waals surface area contributed by atoms with Gasteiger partial charge in [-0.15, -0.1) is 0 Å². The van der Waals surface area contributed by atoms with E-state index >= 15 is 0 Å². The molecular formula is C29H22ClNO4. The topological polar surface area (TPSA) is 60.6 Å². The van der Waals surface area contributed by atoms with Gasteiger partial charge in [-0.25, -0.2) is 4.79 Å². The van der Waals surface area contributed by atoms with E-state index in [4.69, 9.17) is 25.8 Å². The highest BCUT2D eigenvalue weighted by Crippen LogP contribution is 2.41. The third-order valence-electron chi connectivity index (χ3n) is 6.37. The van der Waals surface area contributed by atoms with E-state index < -0.39 is 0 Å². The van der Waals surface area contributed by atoms with Crippen LogP contribution in [0, 0.1) is 0 Å². The third kappa shape index (κ3) is 3.69. The highest BCUT2D eigenvalue weighted by atomic mass is 35.5. The van der Waals surface area contributed by atoms with Crippen LogP contribution in [0.15, 0.2) is 72.8 Å². The minimum absolute atomic E-state index is 0.191. The van der Waals surface area contributed by atoms with Gasteiger partial charge < -0.3 is 19.2 Å². The van der Waals surface area contributed by atoms with Gasteiger partial charge in [-0.3, -0.25) is 0 Å². The number of hydrogen-bond donors (Lipinski definition) is 1. The Morgan fingerprint density at radius 2 is 1.74 bits per heavy atom. The van der Waals surface area contributed by atoms with Gasteiger partial charge in [0.1, 0.15) is 5.69 Å². The maximum atomic E-state index is 13.1. The summed E-state index contributed by atoms with van der Waals surface area (Å²) in [6.07, 6.45) is 0.560. The molecule has 6 heteroatoms. The molecule has 0 saturated heterocycles. The monoisotopic (exact) mass is 483 g/mol. The molecule has 0 atom stereocenters. The SMILES string of the molecule is CCOC(=O)c1[nH]c2cccc(Cc3cc4c(cc3Cl)OCO4)c2c1-c1cccc2ccccc12. The van der Waals surface area contributed by atoms with Crippen molar-refractivity contribution in [2.24, 2.45) is 0 Å². The van der Waals surface area contributed by atoms with Crippen LogP contribution in [0.1, 0.15) is 28.5 Å². The molecule has 0 fully saturated rings. The summed E-state index contributed by atoms with van der Waals surface area (Å²) in [6.45, 7) is 2.30. The Bertz CT molecular complexity index is 1600. The van der Waals surface area contributed by atoms with Gasteiger partial charge in [-0.2, -0.15) is 0 Å². The maximum absolute atomic E-state index is 13.1. The summed E-state index contributed by atoms with van der Waals surface area (Å²) in [7, 11) is 0. The highest BCUT2D eigenvalue weighted by Gasteiger charge is 2.24. The summed E-state index contributed by atoms with van der Waals surface area (Å²) >= 11 is 6.62. The lowest BCUT2D eigenvalue weighted by atomic mass is 9.92. The number of ether oxygens (including phenoxy) is 3. The number of rotatable bonds is 5. The zero-order valence-electron chi connectivity index (χ0n) is 19.1. The Morgan fingerprint density at radius 3 is 2.60 bits per heavy atom. The predicted octanol–water partition coefficient (Wildman–Crippen LogP) is 7.14. The molecule has 4 aromatic carbocycles. The Labute approximate surface area is 207 Å². The van der Waals surface area contributed by atoms with Gasteiger partial charge in [0.15, 0.2) is 11.5 Å². The molecule has 0 unspecified atom stereocenters. The Morgan fingerprint density at radius 1 is 0.971 bits per heavy atom. The number of carbonyl (C=O) groups excluding carboxylic acids is 1. The molecule has 1 aliphatic heterocycles. The Kier molecular flexibility index (Phi) is 5.34. The molecule has 1 aliphatic rings. The lowest BCUT2D eigenvalue weighted by Gasteiger charge is -2.12. The highest BCUT2D eigenvalue weighted by molar-refractivity contribution is 6.31. The maximum Gasteiger partial charge on any atom is 0.355 e. The quantitative estimate of drug-likeness (QED) is 0.270. The molecule has 1 N–H and O–H groups in total. The molecule has 2 heterocycles. The molecule has 0 aliphatic carbocycles. The standard InChI is InChI=1S/C29H22ClNO4/c1-2-33-29(32)28-27(21-11-5-8-17-7-3-4-10-20(17)21)26-18(9-6-12-23(26)31-28)13-19-14-24-25(15-22(19)30)35-16-34-24/h3-12,14-15,31H,2,13,16H2,1H3. The second-order valence-corrected chi connectivity index (χ2v) is 8.84. The second kappa shape index (κ2) is 8.67. The normalized spacial score (nSPS) is 12.4. The molecule has 6 rings (SSSR count). The minimum Gasteiger partial charge on any atom is -0.461 e. The minimum atomic E-state index is -0.376. The largest absolute Gasteiger partial charge is 0.461 e. The number of fused-ring (bicyclic) bond motifs is 3. The summed E-state index contributed by atoms with van der Waals surface area (Å²) in [6, 6.07) is 24.1. The number of benzene rings is 4. The number of halogens is 1. The lowest BCUT2D eigenvalue weighted by Crippen LogP contribution is -2.06. The van der Waals surface area contributed by atoms with Crippen molar-refractivity contribution in [1.29, 1.82) is 0 Å². The van der Waals surface area contributed by atoms with Gasteiger partial charge in [0.2, 0.25) is 6.79 Å². The van der Waals surface area contributed by atoms with Crippen LogP contribution in [0.3, 0.4) is 0 Å². The van der Waals surface area contributed by atoms with Crippen molar-refractivity contribution in [3.05, 3.63) is 94.6 Å². The van der Waals surface area contributed by atoms with E-state index in [-0.39, 0.29) is 12.8 Å². The van der Waals surface area contributed by atoms with Crippen molar-refractivity contribution in [2.75, 3.05) is 13.4 Å². The fraction of sp³-hybridized carbons (Fsp3) is 0.138. The number of esters is 1. The second-order valence-electron chi connectivity index (χ2n) is 8.44. The first-order valence-electron chi connectivity index (χ1n) is 11.5. The average Bonchev–Trinajstić information content (AvgIpc) is 3.49. The van der Waals surface area contributed by atoms with Crippen LogP contribution in [-0.4, -0.2) is 24.4 Å². The first-order chi connectivity index (χ1) is 17.1. The van der Waals surface area contributed by atoms with Crippen LogP contribution in [0.5, 0.6) is 11.5 Å². The Hall–Kier alpha value is -3.96. The van der Waals surface area contributed by atoms with Gasteiger partial charge in [0, 0.05) is 27.6 Å². The van der Waals surface area contributed by atoms with Crippen molar-refractivity contribution in [1.82, 2.24) is 4.98 Å². The van der Waals surface area contributed by atoms with E-state index in [1.54, 1.807) is 6.07 Å². The first-order valence-corrected chi connectivity index (χ1v) is 11.9. The number of aromatic nitrogens is 1. The van der Waals surface area contributed by atoms with Crippen LogP contribution in [0.4, 0.5) is 0 Å². The summed E-state index contributed by atoms with van der Waals surface area (Å²) in [4.78, 5) is 16.4. The molecule has 0 saturated carbocycles. The van der Waals surface area contributed by atoms with Crippen LogP contribution in [-0.2, 0) is 11.2 Å². The van der Waals surface area contributed by atoms with E-state index in [2.05, 4.69) is 35.3 Å². The molecule has 1 aromatic heterocycles. The van der Waals surface area contributed by atoms with Crippen LogP contribution >= 0.6 is 11.6 Å². The van der Waals surface area contributed by atoms with E-state index in [9.17, 15) is 4.79 Å². The lowest BCUT2D eigenvalue weighted by molar-refractivity contribution is 0.0521. The molecule has 0 bridgehead atoms. The van der Waals surface area contributed by atoms with Crippen LogP contribution < -0.4 is 9.47 Å². The predicted molar refractivity (Wildman–Crippen MR) is 138 cm³/mol. The molecule has 5 aromatic rings. The molecule has 35 heavy (non-hydrogen) atoms. The smallest absolute Gasteiger partial charge is 0.355 e. The van der Waals surface area contributed by atoms with Crippen molar-refractivity contribution in [3.8, 4) is 22.6 Å².